The number of hydrogen-bond acceptors (Lipinski definition) is 8. The first kappa shape index (κ1) is 20.1. The molecule has 30 heavy (non-hydrogen) atoms. The van der Waals surface area contributed by atoms with Gasteiger partial charge >= 0.3 is 5.97 Å². The Hall–Kier alpha value is -3.17. The van der Waals surface area contributed by atoms with Crippen molar-refractivity contribution in [3.8, 4) is 0 Å². The number of carbonyl (C=O) groups excluding carboxylic acids is 3. The van der Waals surface area contributed by atoms with E-state index in [1.165, 1.54) is 0 Å². The second-order valence-electron chi connectivity index (χ2n) is 6.50. The smallest absolute Gasteiger partial charge is 0.338 e. The molecule has 9 heteroatoms. The molecule has 3 aromatic rings. The molecule has 2 heterocycles. The van der Waals surface area contributed by atoms with Crippen LogP contribution < -0.4 is 10.2 Å². The number of benzene rings is 2. The summed E-state index contributed by atoms with van der Waals surface area (Å²) in [6.07, 6.45) is 1.60. The summed E-state index contributed by atoms with van der Waals surface area (Å²) in [7, 11) is 1.91. The molecule has 0 aliphatic carbocycles. The number of aromatic nitrogens is 1. The van der Waals surface area contributed by atoms with E-state index in [9.17, 15) is 14.4 Å². The lowest BCUT2D eigenvalue weighted by atomic mass is 10.1. The molecule has 1 aliphatic rings. The summed E-state index contributed by atoms with van der Waals surface area (Å²) in [4.78, 5) is 41.9. The van der Waals surface area contributed by atoms with Gasteiger partial charge in [0.2, 0.25) is 0 Å². The Kier molecular flexibility index (Phi) is 5.82. The van der Waals surface area contributed by atoms with Crippen LogP contribution in [0.2, 0.25) is 0 Å². The average molecular weight is 440 g/mol. The third-order valence-electron chi connectivity index (χ3n) is 4.36. The van der Waals surface area contributed by atoms with Crippen molar-refractivity contribution in [1.82, 2.24) is 10.3 Å². The Morgan fingerprint density at radius 2 is 1.93 bits per heavy atom. The maximum atomic E-state index is 12.3. The van der Waals surface area contributed by atoms with Gasteiger partial charge < -0.3 is 9.64 Å². The van der Waals surface area contributed by atoms with E-state index in [2.05, 4.69) is 10.3 Å². The van der Waals surface area contributed by atoms with E-state index >= 15 is 0 Å². The number of nitrogens with one attached hydrogen (secondary N) is 1. The number of imide groups is 1. The summed E-state index contributed by atoms with van der Waals surface area (Å²) in [6.45, 7) is 0.756. The summed E-state index contributed by atoms with van der Waals surface area (Å²) >= 11 is 2.45. The van der Waals surface area contributed by atoms with Gasteiger partial charge in [-0.25, -0.2) is 9.78 Å². The normalized spacial score (nSPS) is 14.9. The zero-order valence-electron chi connectivity index (χ0n) is 16.0. The van der Waals surface area contributed by atoms with Crippen molar-refractivity contribution >= 4 is 61.6 Å². The predicted octanol–water partition coefficient (Wildman–Crippen LogP) is 3.91. The Labute approximate surface area is 180 Å². The zero-order chi connectivity index (χ0) is 21.1. The van der Waals surface area contributed by atoms with Crippen LogP contribution in [0.4, 0.5) is 9.93 Å². The largest absolute Gasteiger partial charge is 0.460 e. The van der Waals surface area contributed by atoms with E-state index < -0.39 is 11.9 Å². The molecule has 1 saturated heterocycles. The number of para-hydroxylation sites is 1. The number of amides is 2. The SMILES string of the molecule is CN(CCOC(=O)c1ccc(/C=C2\SC(=O)NC2=O)cc1)c1nc2ccccc2s1. The highest BCUT2D eigenvalue weighted by atomic mass is 32.2. The molecular weight excluding hydrogens is 422 g/mol. The second kappa shape index (κ2) is 8.68. The molecule has 2 amide bonds. The summed E-state index contributed by atoms with van der Waals surface area (Å²) < 4.78 is 6.48. The molecule has 1 fully saturated rings. The predicted molar refractivity (Wildman–Crippen MR) is 119 cm³/mol. The van der Waals surface area contributed by atoms with Crippen LogP contribution in [0, 0.1) is 0 Å². The highest BCUT2D eigenvalue weighted by molar-refractivity contribution is 8.18. The van der Waals surface area contributed by atoms with Crippen LogP contribution in [0.3, 0.4) is 0 Å². The molecule has 0 atom stereocenters. The number of thiazole rings is 1. The fourth-order valence-electron chi connectivity index (χ4n) is 2.77. The molecule has 1 aliphatic heterocycles. The third-order valence-corrected chi connectivity index (χ3v) is 6.32. The number of esters is 1. The number of likely N-dealkylation sites (N-methyl/N-ethyl adjacent to an activating group) is 1. The van der Waals surface area contributed by atoms with Crippen LogP contribution in [-0.2, 0) is 9.53 Å². The Balaban J connectivity index is 1.31. The van der Waals surface area contributed by atoms with Gasteiger partial charge in [0.25, 0.3) is 11.1 Å². The molecule has 1 aromatic heterocycles. The Morgan fingerprint density at radius 1 is 1.17 bits per heavy atom. The number of nitrogens with zero attached hydrogens (tertiary/aromatic N) is 2. The van der Waals surface area contributed by atoms with Gasteiger partial charge in [-0.1, -0.05) is 35.6 Å². The van der Waals surface area contributed by atoms with Gasteiger partial charge in [-0.05, 0) is 47.7 Å². The molecule has 2 aromatic carbocycles. The molecule has 1 N–H and O–H groups in total. The molecule has 0 bridgehead atoms. The van der Waals surface area contributed by atoms with Crippen LogP contribution in [0.5, 0.6) is 0 Å². The van der Waals surface area contributed by atoms with E-state index in [0.717, 1.165) is 32.7 Å². The fraction of sp³-hybridized carbons (Fsp3) is 0.143. The molecule has 7 nitrogen and oxygen atoms in total. The first-order valence-electron chi connectivity index (χ1n) is 9.08. The van der Waals surface area contributed by atoms with Gasteiger partial charge in [-0.3, -0.25) is 14.9 Å². The summed E-state index contributed by atoms with van der Waals surface area (Å²) in [5.74, 6) is -0.833. The molecule has 0 saturated carbocycles. The maximum absolute atomic E-state index is 12.3. The molecule has 0 spiro atoms. The second-order valence-corrected chi connectivity index (χ2v) is 8.52. The van der Waals surface area contributed by atoms with Gasteiger partial charge in [0.05, 0.1) is 27.2 Å². The Bertz CT molecular complexity index is 1120. The number of fused-ring (bicyclic) bond motifs is 1. The molecule has 152 valence electrons. The third kappa shape index (κ3) is 4.52. The van der Waals surface area contributed by atoms with Crippen molar-refractivity contribution < 1.29 is 19.1 Å². The van der Waals surface area contributed by atoms with E-state index in [-0.39, 0.29) is 11.8 Å². The minimum Gasteiger partial charge on any atom is -0.460 e. The topological polar surface area (TPSA) is 88.6 Å². The number of rotatable bonds is 6. The van der Waals surface area contributed by atoms with Gasteiger partial charge in [0.1, 0.15) is 6.61 Å². The minimum atomic E-state index is -0.421. The number of hydrogen-bond donors (Lipinski definition) is 1. The lowest BCUT2D eigenvalue weighted by molar-refractivity contribution is -0.115. The van der Waals surface area contributed by atoms with Crippen LogP contribution in [0.1, 0.15) is 15.9 Å². The highest BCUT2D eigenvalue weighted by Gasteiger charge is 2.24. The lowest BCUT2D eigenvalue weighted by Crippen LogP contribution is -2.23. The van der Waals surface area contributed by atoms with Crippen molar-refractivity contribution in [2.75, 3.05) is 25.1 Å². The van der Waals surface area contributed by atoms with Gasteiger partial charge in [-0.2, -0.15) is 0 Å². The number of anilines is 1. The first-order valence-corrected chi connectivity index (χ1v) is 10.7. The van der Waals surface area contributed by atoms with Gasteiger partial charge in [-0.15, -0.1) is 0 Å². The average Bonchev–Trinajstić information content (AvgIpc) is 3.31. The van der Waals surface area contributed by atoms with Crippen LogP contribution in [-0.4, -0.2) is 42.3 Å². The zero-order valence-corrected chi connectivity index (χ0v) is 17.6. The number of ether oxygens (including phenoxy) is 1. The van der Waals surface area contributed by atoms with Crippen molar-refractivity contribution in [2.45, 2.75) is 0 Å². The van der Waals surface area contributed by atoms with Crippen LogP contribution in [0.25, 0.3) is 16.3 Å². The monoisotopic (exact) mass is 439 g/mol. The molecule has 4 rings (SSSR count). The highest BCUT2D eigenvalue weighted by Crippen LogP contribution is 2.28. The van der Waals surface area contributed by atoms with Crippen molar-refractivity contribution in [1.29, 1.82) is 0 Å². The van der Waals surface area contributed by atoms with E-state index in [1.54, 1.807) is 41.7 Å². The van der Waals surface area contributed by atoms with Crippen LogP contribution in [0.15, 0.2) is 53.4 Å². The molecule has 0 unspecified atom stereocenters. The Morgan fingerprint density at radius 3 is 2.63 bits per heavy atom. The van der Waals surface area contributed by atoms with E-state index in [4.69, 9.17) is 4.74 Å². The van der Waals surface area contributed by atoms with Crippen molar-refractivity contribution in [2.24, 2.45) is 0 Å². The fourth-order valence-corrected chi connectivity index (χ4v) is 4.40. The van der Waals surface area contributed by atoms with Crippen molar-refractivity contribution in [3.05, 3.63) is 64.6 Å². The minimum absolute atomic E-state index is 0.232. The van der Waals surface area contributed by atoms with E-state index in [0.29, 0.717) is 17.0 Å². The molecule has 0 radical (unpaired) electrons. The summed E-state index contributed by atoms with van der Waals surface area (Å²) in [5, 5.41) is 2.69. The number of carbonyl (C=O) groups is 3. The molecular formula is C21H17N3O4S2. The first-order chi connectivity index (χ1) is 14.5. The number of thioether (sulfide) groups is 1. The van der Waals surface area contributed by atoms with Crippen molar-refractivity contribution in [3.63, 3.8) is 0 Å². The van der Waals surface area contributed by atoms with E-state index in [1.807, 2.05) is 36.2 Å². The summed E-state index contributed by atoms with van der Waals surface area (Å²) in [6, 6.07) is 14.6. The lowest BCUT2D eigenvalue weighted by Gasteiger charge is -2.15. The van der Waals surface area contributed by atoms with Gasteiger partial charge in [0, 0.05) is 7.05 Å². The summed E-state index contributed by atoms with van der Waals surface area (Å²) in [5.41, 5.74) is 2.09. The standard InChI is InChI=1S/C21H17N3O4S2/c1-24(20-22-15-4-2-3-5-16(15)29-20)10-11-28-19(26)14-8-6-13(7-9-14)12-17-18(25)23-21(27)30-17/h2-9,12H,10-11H2,1H3,(H,23,25,27)/b17-12-. The van der Waals surface area contributed by atoms with Gasteiger partial charge in [0.15, 0.2) is 5.13 Å². The maximum Gasteiger partial charge on any atom is 0.338 e. The quantitative estimate of drug-likeness (QED) is 0.460. The van der Waals surface area contributed by atoms with Crippen LogP contribution >= 0.6 is 23.1 Å².